The first-order valence-electron chi connectivity index (χ1n) is 5.34. The van der Waals surface area contributed by atoms with Gasteiger partial charge in [0.05, 0.1) is 12.8 Å². The minimum atomic E-state index is -2.54. The highest BCUT2D eigenvalue weighted by Crippen LogP contribution is 2.18. The summed E-state index contributed by atoms with van der Waals surface area (Å²) in [5, 5.41) is 18.7. The third-order valence-electron chi connectivity index (χ3n) is 1.98. The Morgan fingerprint density at radius 1 is 0.947 bits per heavy atom. The molecule has 0 unspecified atom stereocenters. The lowest BCUT2D eigenvalue weighted by Crippen LogP contribution is -2.43. The molecule has 0 aromatic rings. The number of carboxylic acids is 1. The Kier molecular flexibility index (Phi) is 8.61. The number of aliphatic carboxylic acids is 1. The molecule has 2 N–H and O–H groups in total. The molecule has 0 bridgehead atoms. The highest BCUT2D eigenvalue weighted by Gasteiger charge is 2.41. The van der Waals surface area contributed by atoms with Gasteiger partial charge in [-0.05, 0) is 0 Å². The van der Waals surface area contributed by atoms with Crippen LogP contribution in [0.1, 0.15) is 12.8 Å². The van der Waals surface area contributed by atoms with Crippen LogP contribution in [0.2, 0.25) is 0 Å². The number of carboxylic acid groups (broad SMARTS) is 1. The van der Waals surface area contributed by atoms with Crippen LogP contribution in [-0.4, -0.2) is 58.4 Å². The number of ether oxygens (including phenoxy) is 2. The summed E-state index contributed by atoms with van der Waals surface area (Å²) in [6.07, 6.45) is -1.68. The third kappa shape index (κ3) is 7.28. The van der Waals surface area contributed by atoms with Crippen LogP contribution in [0.15, 0.2) is 0 Å². The Morgan fingerprint density at radius 2 is 1.32 bits per heavy atom. The van der Waals surface area contributed by atoms with E-state index in [1.807, 2.05) is 0 Å². The molecule has 0 heterocycles. The average Bonchev–Trinajstić information content (AvgIpc) is 2.33. The highest BCUT2D eigenvalue weighted by atomic mass is 32.1. The van der Waals surface area contributed by atoms with Crippen molar-refractivity contribution >= 4 is 43.2 Å². The first-order valence-corrected chi connectivity index (χ1v) is 6.61. The molecule has 7 nitrogen and oxygen atoms in total. The van der Waals surface area contributed by atoms with Crippen molar-refractivity contribution in [3.05, 3.63) is 0 Å². The van der Waals surface area contributed by atoms with Gasteiger partial charge in [-0.15, -0.1) is 0 Å². The highest BCUT2D eigenvalue weighted by molar-refractivity contribution is 7.80. The number of hydrogen-bond acceptors (Lipinski definition) is 8. The molecule has 0 aliphatic heterocycles. The summed E-state index contributed by atoms with van der Waals surface area (Å²) in [6.45, 7) is -0.0243. The van der Waals surface area contributed by atoms with E-state index in [9.17, 15) is 19.5 Å². The number of thiol groups is 2. The van der Waals surface area contributed by atoms with E-state index in [1.165, 1.54) is 0 Å². The van der Waals surface area contributed by atoms with Crippen LogP contribution in [0.4, 0.5) is 0 Å². The van der Waals surface area contributed by atoms with E-state index >= 15 is 0 Å². The summed E-state index contributed by atoms with van der Waals surface area (Å²) >= 11 is 7.61. The van der Waals surface area contributed by atoms with Crippen LogP contribution >= 0.6 is 25.3 Å². The van der Waals surface area contributed by atoms with Gasteiger partial charge in [0.1, 0.15) is 13.2 Å². The fourth-order valence-corrected chi connectivity index (χ4v) is 1.29. The van der Waals surface area contributed by atoms with Crippen LogP contribution in [0, 0.1) is 0 Å². The fourth-order valence-electron chi connectivity index (χ4n) is 1.11. The molecule has 0 aromatic carbocycles. The number of aliphatic hydroxyl groups is 1. The lowest BCUT2D eigenvalue weighted by Gasteiger charge is -2.21. The van der Waals surface area contributed by atoms with E-state index in [2.05, 4.69) is 34.7 Å². The second-order valence-corrected chi connectivity index (χ2v) is 4.47. The Bertz CT molecular complexity index is 310. The summed E-state index contributed by atoms with van der Waals surface area (Å²) in [4.78, 5) is 33.5. The topological polar surface area (TPSA) is 110 Å². The van der Waals surface area contributed by atoms with Crippen LogP contribution in [-0.2, 0) is 23.9 Å². The number of carbonyl (C=O) groups excluding carboxylic acids is 2. The van der Waals surface area contributed by atoms with Crippen molar-refractivity contribution in [1.82, 2.24) is 0 Å². The minimum Gasteiger partial charge on any atom is -0.479 e. The number of rotatable bonds is 9. The van der Waals surface area contributed by atoms with Crippen molar-refractivity contribution in [2.24, 2.45) is 0 Å². The van der Waals surface area contributed by atoms with E-state index in [0.29, 0.717) is 0 Å². The number of hydrogen-bond donors (Lipinski definition) is 4. The minimum absolute atomic E-state index is 0.0122. The second-order valence-electron chi connectivity index (χ2n) is 3.58. The van der Waals surface area contributed by atoms with Gasteiger partial charge in [-0.3, -0.25) is 9.59 Å². The predicted molar refractivity (Wildman–Crippen MR) is 71.4 cm³/mol. The smallest absolute Gasteiger partial charge is 0.336 e. The standard InChI is InChI=1S/C10H16O7S2/c11-7(16-1-3-18)5-10(15,9(13)14)6-8(12)17-2-4-19/h15,18-19H,1-6H2,(H,13,14). The van der Waals surface area contributed by atoms with E-state index in [0.717, 1.165) is 0 Å². The van der Waals surface area contributed by atoms with E-state index < -0.39 is 36.4 Å². The van der Waals surface area contributed by atoms with Gasteiger partial charge in [0.2, 0.25) is 0 Å². The van der Waals surface area contributed by atoms with Gasteiger partial charge in [-0.2, -0.15) is 25.3 Å². The van der Waals surface area contributed by atoms with E-state index in [4.69, 9.17) is 5.11 Å². The van der Waals surface area contributed by atoms with Crippen LogP contribution < -0.4 is 0 Å². The normalized spacial score (nSPS) is 10.9. The maximum Gasteiger partial charge on any atom is 0.336 e. The molecule has 0 spiro atoms. The Morgan fingerprint density at radius 3 is 1.58 bits per heavy atom. The van der Waals surface area contributed by atoms with Crippen LogP contribution in [0.5, 0.6) is 0 Å². The molecule has 0 saturated heterocycles. The number of esters is 2. The molecular weight excluding hydrogens is 296 g/mol. The maximum absolute atomic E-state index is 11.3. The van der Waals surface area contributed by atoms with Gasteiger partial charge in [-0.25, -0.2) is 4.79 Å². The number of carbonyl (C=O) groups is 3. The quantitative estimate of drug-likeness (QED) is 0.336. The molecule has 0 amide bonds. The first-order chi connectivity index (χ1) is 8.85. The Balaban J connectivity index is 4.53. The molecule has 0 aliphatic carbocycles. The molecule has 0 rings (SSSR count). The largest absolute Gasteiger partial charge is 0.479 e. The summed E-state index contributed by atoms with van der Waals surface area (Å²) in [5.74, 6) is -3.03. The Labute approximate surface area is 121 Å². The molecule has 110 valence electrons. The molecule has 9 heteroatoms. The SMILES string of the molecule is O=C(CC(O)(CC(=O)OCCS)C(=O)O)OCCS. The zero-order chi connectivity index (χ0) is 14.9. The molecular formula is C10H16O7S2. The molecule has 0 aromatic heterocycles. The molecule has 0 fully saturated rings. The van der Waals surface area contributed by atoms with Crippen LogP contribution in [0.3, 0.4) is 0 Å². The molecule has 0 saturated carbocycles. The summed E-state index contributed by atoms with van der Waals surface area (Å²) in [5.41, 5.74) is -2.54. The molecule has 0 radical (unpaired) electrons. The van der Waals surface area contributed by atoms with Crippen molar-refractivity contribution in [3.8, 4) is 0 Å². The van der Waals surface area contributed by atoms with E-state index in [1.54, 1.807) is 0 Å². The molecule has 19 heavy (non-hydrogen) atoms. The van der Waals surface area contributed by atoms with Gasteiger partial charge in [-0.1, -0.05) is 0 Å². The lowest BCUT2D eigenvalue weighted by atomic mass is 9.96. The van der Waals surface area contributed by atoms with Crippen LogP contribution in [0.25, 0.3) is 0 Å². The van der Waals surface area contributed by atoms with Gasteiger partial charge in [0.25, 0.3) is 0 Å². The molecule has 0 aliphatic rings. The monoisotopic (exact) mass is 312 g/mol. The van der Waals surface area contributed by atoms with E-state index in [-0.39, 0.29) is 24.7 Å². The zero-order valence-electron chi connectivity index (χ0n) is 10.1. The van der Waals surface area contributed by atoms with Gasteiger partial charge >= 0.3 is 17.9 Å². The summed E-state index contributed by atoms with van der Waals surface area (Å²) < 4.78 is 9.19. The van der Waals surface area contributed by atoms with Gasteiger partial charge in [0, 0.05) is 11.5 Å². The molecule has 0 atom stereocenters. The van der Waals surface area contributed by atoms with Crippen molar-refractivity contribution in [2.75, 3.05) is 24.7 Å². The maximum atomic E-state index is 11.3. The van der Waals surface area contributed by atoms with Crippen molar-refractivity contribution < 1.29 is 34.1 Å². The fraction of sp³-hybridized carbons (Fsp3) is 0.700. The zero-order valence-corrected chi connectivity index (χ0v) is 11.9. The van der Waals surface area contributed by atoms with Crippen molar-refractivity contribution in [3.63, 3.8) is 0 Å². The average molecular weight is 312 g/mol. The second kappa shape index (κ2) is 9.05. The predicted octanol–water partition coefficient (Wildman–Crippen LogP) is -0.472. The van der Waals surface area contributed by atoms with Gasteiger partial charge < -0.3 is 19.7 Å². The lowest BCUT2D eigenvalue weighted by molar-refractivity contribution is -0.173. The Hall–Kier alpha value is -0.930. The van der Waals surface area contributed by atoms with Gasteiger partial charge in [0.15, 0.2) is 5.60 Å². The van der Waals surface area contributed by atoms with Crippen molar-refractivity contribution in [2.45, 2.75) is 18.4 Å². The summed E-state index contributed by atoms with van der Waals surface area (Å²) in [7, 11) is 0. The van der Waals surface area contributed by atoms with Crippen molar-refractivity contribution in [1.29, 1.82) is 0 Å². The first kappa shape index (κ1) is 18.1. The summed E-state index contributed by atoms with van der Waals surface area (Å²) in [6, 6.07) is 0. The third-order valence-corrected chi connectivity index (χ3v) is 2.35.